The van der Waals surface area contributed by atoms with E-state index in [1.54, 1.807) is 0 Å². The maximum absolute atomic E-state index is 4.23. The molecule has 0 N–H and O–H groups in total. The zero-order valence-corrected chi connectivity index (χ0v) is 12.7. The van der Waals surface area contributed by atoms with Crippen molar-refractivity contribution in [1.82, 2.24) is 0 Å². The van der Waals surface area contributed by atoms with Crippen molar-refractivity contribution in [3.05, 3.63) is 29.3 Å². The smallest absolute Gasteiger partial charge is 1.00 e. The first-order valence-electron chi connectivity index (χ1n) is 5.02. The van der Waals surface area contributed by atoms with Crippen molar-refractivity contribution in [3.8, 4) is 0 Å². The molecule has 1 aromatic rings. The van der Waals surface area contributed by atoms with Gasteiger partial charge < -0.3 is 24.8 Å². The van der Waals surface area contributed by atoms with Crippen molar-refractivity contribution >= 4 is 5.69 Å². The Morgan fingerprint density at radius 2 is 1.31 bits per heavy atom. The van der Waals surface area contributed by atoms with Gasteiger partial charge in [-0.25, -0.2) is 0 Å². The maximum atomic E-state index is 4.23. The van der Waals surface area contributed by atoms with Gasteiger partial charge in [0.25, 0.3) is 0 Å². The molecule has 0 saturated carbocycles. The molecule has 0 saturated heterocycles. The summed E-state index contributed by atoms with van der Waals surface area (Å²) in [6.45, 7) is 8.78. The summed E-state index contributed by atoms with van der Waals surface area (Å²) < 4.78 is 4.23. The Morgan fingerprint density at radius 3 is 1.56 bits per heavy atom. The van der Waals surface area contributed by atoms with E-state index < -0.39 is 0 Å². The Kier molecular flexibility index (Phi) is 9.53. The quantitative estimate of drug-likeness (QED) is 0.591. The van der Waals surface area contributed by atoms with Crippen LogP contribution in [0.25, 0.3) is 0 Å². The Labute approximate surface area is 119 Å². The van der Waals surface area contributed by atoms with E-state index >= 15 is 0 Å². The second-order valence-electron chi connectivity index (χ2n) is 4.18. The van der Waals surface area contributed by atoms with Crippen molar-refractivity contribution in [2.75, 3.05) is 0 Å². The molecule has 0 radical (unpaired) electrons. The predicted molar refractivity (Wildman–Crippen MR) is 56.7 cm³/mol. The van der Waals surface area contributed by atoms with Gasteiger partial charge in [-0.05, 0) is 0 Å². The van der Waals surface area contributed by atoms with E-state index in [2.05, 4.69) is 65.7 Å². The predicted octanol–water partition coefficient (Wildman–Crippen LogP) is -1.70. The van der Waals surface area contributed by atoms with Crippen LogP contribution < -0.4 is 24.8 Å². The van der Waals surface area contributed by atoms with Crippen LogP contribution in [-0.2, 0) is 15.8 Å². The van der Waals surface area contributed by atoms with Gasteiger partial charge in [-0.3, -0.25) is 0 Å². The number of benzene rings is 1. The van der Waals surface area contributed by atoms with Gasteiger partial charge in [0, 0.05) is 0 Å². The standard InChI is InChI=1S/C12H17N.2ClH.Mn/c1-8(2)10-6-5-7-11(9(3)4)12(10)13;;;/h5-9H,1-4H3;2*1H;/q;;;+2/p-2. The molecule has 0 aliphatic rings. The molecule has 4 heteroatoms. The van der Waals surface area contributed by atoms with Crippen LogP contribution in [-0.4, -0.2) is 0 Å². The summed E-state index contributed by atoms with van der Waals surface area (Å²) >= 11 is 3.22. The van der Waals surface area contributed by atoms with E-state index in [0.717, 1.165) is 5.69 Å². The summed E-state index contributed by atoms with van der Waals surface area (Å²) in [6.07, 6.45) is 0. The van der Waals surface area contributed by atoms with Crippen LogP contribution >= 0.6 is 0 Å². The van der Waals surface area contributed by atoms with Crippen LogP contribution in [0.3, 0.4) is 0 Å². The number of hydrogen-bond donors (Lipinski definition) is 0. The van der Waals surface area contributed by atoms with Crippen LogP contribution in [0.15, 0.2) is 22.2 Å². The van der Waals surface area contributed by atoms with Gasteiger partial charge in [0.15, 0.2) is 0 Å². The largest absolute Gasteiger partial charge is 1.00 e. The van der Waals surface area contributed by atoms with Crippen LogP contribution in [0.1, 0.15) is 50.7 Å². The summed E-state index contributed by atoms with van der Waals surface area (Å²) in [5, 5.41) is 0. The minimum Gasteiger partial charge on any atom is -1.00 e. The summed E-state index contributed by atoms with van der Waals surface area (Å²) in [6, 6.07) is 6.42. The van der Waals surface area contributed by atoms with Gasteiger partial charge in [-0.1, -0.05) is 0 Å². The topological polar surface area (TPSA) is 12.4 Å². The second-order valence-corrected chi connectivity index (χ2v) is 4.44. The number of nitrogens with zero attached hydrogens (tertiary/aromatic N) is 1. The summed E-state index contributed by atoms with van der Waals surface area (Å²) in [4.78, 5) is 0. The van der Waals surface area contributed by atoms with Crippen LogP contribution in [0, 0.1) is 0 Å². The molecule has 0 aliphatic heterocycles. The van der Waals surface area contributed by atoms with Crippen molar-refractivity contribution in [2.45, 2.75) is 39.5 Å². The molecule has 0 atom stereocenters. The molecule has 1 nitrogen and oxygen atoms in total. The number of hydrogen-bond acceptors (Lipinski definition) is 1. The Bertz CT molecular complexity index is 312. The molecule has 0 amide bonds. The summed E-state index contributed by atoms with van der Waals surface area (Å²) in [5.74, 6) is 1.04. The SMILES string of the molecule is CC(C)c1cccc(C(C)C)c1[N]=[Mn+2].[Cl-].[Cl-]. The van der Waals surface area contributed by atoms with E-state index in [-0.39, 0.29) is 24.8 Å². The molecule has 16 heavy (non-hydrogen) atoms. The third kappa shape index (κ3) is 4.18. The van der Waals surface area contributed by atoms with E-state index in [4.69, 9.17) is 0 Å². The first kappa shape index (κ1) is 18.5. The maximum Gasteiger partial charge on any atom is -1.00 e. The van der Waals surface area contributed by atoms with Crippen LogP contribution in [0.4, 0.5) is 5.69 Å². The molecular weight excluding hydrogens is 284 g/mol. The number of rotatable bonds is 3. The van der Waals surface area contributed by atoms with Crippen molar-refractivity contribution in [1.29, 1.82) is 0 Å². The Morgan fingerprint density at radius 1 is 0.938 bits per heavy atom. The van der Waals surface area contributed by atoms with Crippen molar-refractivity contribution in [2.24, 2.45) is 3.96 Å². The van der Waals surface area contributed by atoms with Crippen LogP contribution in [0.5, 0.6) is 0 Å². The summed E-state index contributed by atoms with van der Waals surface area (Å²) in [5.41, 5.74) is 3.73. The third-order valence-electron chi connectivity index (χ3n) is 2.43. The average molecular weight is 301 g/mol. The second kappa shape index (κ2) is 8.25. The van der Waals surface area contributed by atoms with E-state index in [9.17, 15) is 0 Å². The van der Waals surface area contributed by atoms with E-state index in [1.807, 2.05) is 0 Å². The molecule has 0 fully saturated rings. The molecule has 0 unspecified atom stereocenters. The zero-order chi connectivity index (χ0) is 10.7. The first-order valence-corrected chi connectivity index (χ1v) is 5.55. The fraction of sp³-hybridized carbons (Fsp3) is 0.500. The van der Waals surface area contributed by atoms with Crippen molar-refractivity contribution in [3.63, 3.8) is 0 Å². The van der Waals surface area contributed by atoms with Gasteiger partial charge in [-0.2, -0.15) is 0 Å². The number of halogens is 2. The molecule has 91 valence electrons. The van der Waals surface area contributed by atoms with Gasteiger partial charge in [0.05, 0.1) is 0 Å². The van der Waals surface area contributed by atoms with Crippen molar-refractivity contribution < 1.29 is 40.6 Å². The minimum absolute atomic E-state index is 0. The molecule has 0 spiro atoms. The Hall–Kier alpha value is 0.119. The van der Waals surface area contributed by atoms with Gasteiger partial charge in [-0.15, -0.1) is 0 Å². The molecular formula is C12H17Cl2MnN. The zero-order valence-electron chi connectivity index (χ0n) is 9.97. The monoisotopic (exact) mass is 300 g/mol. The molecule has 1 rings (SSSR count). The van der Waals surface area contributed by atoms with Gasteiger partial charge in [0.2, 0.25) is 0 Å². The normalized spacial score (nSPS) is 9.56. The fourth-order valence-electron chi connectivity index (χ4n) is 1.61. The Balaban J connectivity index is 0. The van der Waals surface area contributed by atoms with Gasteiger partial charge >= 0.3 is 94.3 Å². The van der Waals surface area contributed by atoms with E-state index in [1.165, 1.54) is 11.1 Å². The molecule has 0 heterocycles. The average Bonchev–Trinajstić information content (AvgIpc) is 2.16. The van der Waals surface area contributed by atoms with E-state index in [0.29, 0.717) is 11.8 Å². The molecule has 0 bridgehead atoms. The summed E-state index contributed by atoms with van der Waals surface area (Å²) in [7, 11) is 0. The first-order chi connectivity index (χ1) is 6.57. The fourth-order valence-corrected chi connectivity index (χ4v) is 1.91. The van der Waals surface area contributed by atoms with Crippen LogP contribution in [0.2, 0.25) is 0 Å². The van der Waals surface area contributed by atoms with Gasteiger partial charge in [0.1, 0.15) is 0 Å². The molecule has 0 aliphatic carbocycles. The minimum atomic E-state index is 0. The molecule has 1 aromatic carbocycles. The molecule has 0 aromatic heterocycles. The third-order valence-corrected chi connectivity index (χ3v) is 2.69.